The molecule has 0 saturated heterocycles. The maximum absolute atomic E-state index is 11.9. The molecule has 0 unspecified atom stereocenters. The summed E-state index contributed by atoms with van der Waals surface area (Å²) in [6, 6.07) is 0. The zero-order valence-electron chi connectivity index (χ0n) is 21.0. The predicted molar refractivity (Wildman–Crippen MR) is 127 cm³/mol. The van der Waals surface area contributed by atoms with Crippen molar-refractivity contribution in [3.63, 3.8) is 0 Å². The van der Waals surface area contributed by atoms with E-state index < -0.39 is 0 Å². The highest BCUT2D eigenvalue weighted by molar-refractivity contribution is 5.66. The molecule has 0 bridgehead atoms. The van der Waals surface area contributed by atoms with Crippen molar-refractivity contribution in [1.82, 2.24) is 0 Å². The van der Waals surface area contributed by atoms with Crippen LogP contribution in [0.5, 0.6) is 0 Å². The van der Waals surface area contributed by atoms with E-state index >= 15 is 0 Å². The average Bonchev–Trinajstić information content (AvgIpc) is 3.05. The fourth-order valence-electron chi connectivity index (χ4n) is 8.65. The summed E-state index contributed by atoms with van der Waals surface area (Å²) in [4.78, 5) is 11.9. The van der Waals surface area contributed by atoms with E-state index in [1.807, 2.05) is 0 Å². The first-order valence-electron chi connectivity index (χ1n) is 13.3. The van der Waals surface area contributed by atoms with Gasteiger partial charge in [-0.3, -0.25) is 4.79 Å². The van der Waals surface area contributed by atoms with Crippen molar-refractivity contribution in [2.24, 2.45) is 46.3 Å². The lowest BCUT2D eigenvalue weighted by Gasteiger charge is -2.57. The Morgan fingerprint density at radius 1 is 1.13 bits per heavy atom. The van der Waals surface area contributed by atoms with Crippen LogP contribution in [0.4, 0.5) is 0 Å². The molecule has 0 aromatic heterocycles. The summed E-state index contributed by atoms with van der Waals surface area (Å²) in [6.45, 7) is 13.9. The van der Waals surface area contributed by atoms with Gasteiger partial charge in [0.25, 0.3) is 0 Å². The third kappa shape index (κ3) is 3.96. The molecule has 2 heteroatoms. The lowest BCUT2D eigenvalue weighted by molar-refractivity contribution is -0.160. The van der Waals surface area contributed by atoms with Gasteiger partial charge in [-0.05, 0) is 97.5 Å². The van der Waals surface area contributed by atoms with Crippen LogP contribution in [-0.2, 0) is 9.53 Å². The number of carbonyl (C=O) groups excluding carboxylic acids is 1. The molecule has 0 radical (unpaired) electrons. The standard InChI is InChI=1S/C29H46O2/c1-19(2)9-7-10-20(3)24-15-16-25-23-14-13-22-11-8-12-27(31-21(4)30)29(22,6)26(23)17-18-28(24,25)5/h14,19-20,23-27H,7-12,15-18H2,1-6H3/t20-,23+,24-,25+,26+,27+,28-,29+/m1/s1. The van der Waals surface area contributed by atoms with Crippen molar-refractivity contribution in [3.8, 4) is 0 Å². The highest BCUT2D eigenvalue weighted by atomic mass is 16.5. The molecule has 3 fully saturated rings. The number of hydrogen-bond acceptors (Lipinski definition) is 2. The van der Waals surface area contributed by atoms with Crippen LogP contribution in [0.25, 0.3) is 0 Å². The van der Waals surface area contributed by atoms with Gasteiger partial charge in [0.1, 0.15) is 6.10 Å². The minimum Gasteiger partial charge on any atom is -0.462 e. The molecule has 31 heavy (non-hydrogen) atoms. The molecule has 0 aliphatic heterocycles. The number of ether oxygens (including phenoxy) is 1. The molecule has 174 valence electrons. The Balaban J connectivity index is 1.56. The van der Waals surface area contributed by atoms with Crippen molar-refractivity contribution in [2.45, 2.75) is 112 Å². The van der Waals surface area contributed by atoms with Crippen molar-refractivity contribution < 1.29 is 9.53 Å². The van der Waals surface area contributed by atoms with Crippen molar-refractivity contribution in [3.05, 3.63) is 17.4 Å². The SMILES string of the molecule is CC(=O)O[C@H]1CCCC2=C=C[C@H]3[C@@H]4CC[C@H]([C@H](C)CCCC(C)C)[C@@]4(C)CC[C@@H]3[C@]21C. The molecule has 0 heterocycles. The number of rotatable bonds is 6. The van der Waals surface area contributed by atoms with E-state index in [0.717, 1.165) is 42.9 Å². The van der Waals surface area contributed by atoms with Crippen LogP contribution in [0.3, 0.4) is 0 Å². The first kappa shape index (κ1) is 23.2. The van der Waals surface area contributed by atoms with E-state index in [0.29, 0.717) is 17.3 Å². The molecule has 4 rings (SSSR count). The summed E-state index contributed by atoms with van der Waals surface area (Å²) in [5.74, 6) is 4.41. The first-order chi connectivity index (χ1) is 14.7. The van der Waals surface area contributed by atoms with Crippen LogP contribution < -0.4 is 0 Å². The van der Waals surface area contributed by atoms with E-state index in [2.05, 4.69) is 46.4 Å². The molecule has 0 N–H and O–H groups in total. The molecule has 2 nitrogen and oxygen atoms in total. The number of carbonyl (C=O) groups is 1. The van der Waals surface area contributed by atoms with Crippen LogP contribution in [0.2, 0.25) is 0 Å². The lowest BCUT2D eigenvalue weighted by Crippen LogP contribution is -2.54. The summed E-state index contributed by atoms with van der Waals surface area (Å²) in [5, 5.41) is 0. The average molecular weight is 427 g/mol. The third-order valence-corrected chi connectivity index (χ3v) is 10.3. The summed E-state index contributed by atoms with van der Waals surface area (Å²) in [6.07, 6.45) is 15.3. The third-order valence-electron chi connectivity index (χ3n) is 10.3. The Bertz CT molecular complexity index is 744. The molecule has 4 aliphatic carbocycles. The smallest absolute Gasteiger partial charge is 0.302 e. The Morgan fingerprint density at radius 3 is 2.61 bits per heavy atom. The molecule has 0 aromatic rings. The summed E-state index contributed by atoms with van der Waals surface area (Å²) in [5.41, 5.74) is 5.68. The summed E-state index contributed by atoms with van der Waals surface area (Å²) >= 11 is 0. The van der Waals surface area contributed by atoms with Gasteiger partial charge < -0.3 is 4.74 Å². The van der Waals surface area contributed by atoms with Crippen LogP contribution >= 0.6 is 0 Å². The van der Waals surface area contributed by atoms with Gasteiger partial charge in [0.2, 0.25) is 0 Å². The van der Waals surface area contributed by atoms with Gasteiger partial charge in [-0.1, -0.05) is 53.9 Å². The fourth-order valence-corrected chi connectivity index (χ4v) is 8.65. The van der Waals surface area contributed by atoms with E-state index in [1.165, 1.54) is 50.5 Å². The van der Waals surface area contributed by atoms with E-state index in [4.69, 9.17) is 4.74 Å². The van der Waals surface area contributed by atoms with Gasteiger partial charge in [-0.15, -0.1) is 5.73 Å². The highest BCUT2D eigenvalue weighted by Crippen LogP contribution is 2.66. The molecule has 0 amide bonds. The zero-order valence-corrected chi connectivity index (χ0v) is 21.0. The molecule has 8 atom stereocenters. The van der Waals surface area contributed by atoms with Gasteiger partial charge in [0.15, 0.2) is 0 Å². The van der Waals surface area contributed by atoms with E-state index in [9.17, 15) is 4.79 Å². The summed E-state index contributed by atoms with van der Waals surface area (Å²) in [7, 11) is 0. The minimum atomic E-state index is -0.115. The van der Waals surface area contributed by atoms with Gasteiger partial charge >= 0.3 is 5.97 Å². The second-order valence-corrected chi connectivity index (χ2v) is 12.4. The van der Waals surface area contributed by atoms with Gasteiger partial charge in [-0.25, -0.2) is 0 Å². The Labute approximate surface area is 191 Å². The normalized spacial score (nSPS) is 42.4. The number of esters is 1. The second-order valence-electron chi connectivity index (χ2n) is 12.4. The molecule has 4 aliphatic rings. The maximum Gasteiger partial charge on any atom is 0.302 e. The topological polar surface area (TPSA) is 26.3 Å². The van der Waals surface area contributed by atoms with Gasteiger partial charge in [0.05, 0.1) is 0 Å². The number of hydrogen-bond donors (Lipinski definition) is 0. The lowest BCUT2D eigenvalue weighted by atomic mass is 9.47. The Morgan fingerprint density at radius 2 is 1.90 bits per heavy atom. The van der Waals surface area contributed by atoms with Crippen molar-refractivity contribution >= 4 is 5.97 Å². The van der Waals surface area contributed by atoms with Crippen molar-refractivity contribution in [2.75, 3.05) is 0 Å². The zero-order chi connectivity index (χ0) is 22.4. The maximum atomic E-state index is 11.9. The Kier molecular flexibility index (Phi) is 6.53. The molecule has 3 saturated carbocycles. The van der Waals surface area contributed by atoms with Crippen LogP contribution in [-0.4, -0.2) is 12.1 Å². The monoisotopic (exact) mass is 426 g/mol. The van der Waals surface area contributed by atoms with Crippen molar-refractivity contribution in [1.29, 1.82) is 0 Å². The fraction of sp³-hybridized carbons (Fsp3) is 0.862. The van der Waals surface area contributed by atoms with E-state index in [-0.39, 0.29) is 17.5 Å². The van der Waals surface area contributed by atoms with Crippen LogP contribution in [0.1, 0.15) is 106 Å². The highest BCUT2D eigenvalue weighted by Gasteiger charge is 2.60. The molecule has 0 spiro atoms. The van der Waals surface area contributed by atoms with Crippen LogP contribution in [0.15, 0.2) is 17.4 Å². The van der Waals surface area contributed by atoms with E-state index in [1.54, 1.807) is 6.92 Å². The largest absolute Gasteiger partial charge is 0.462 e. The van der Waals surface area contributed by atoms with Crippen LogP contribution in [0, 0.1) is 46.3 Å². The van der Waals surface area contributed by atoms with Gasteiger partial charge in [0, 0.05) is 12.3 Å². The summed E-state index contributed by atoms with van der Waals surface area (Å²) < 4.78 is 5.96. The predicted octanol–water partition coefficient (Wildman–Crippen LogP) is 7.72. The first-order valence-corrected chi connectivity index (χ1v) is 13.3. The quantitative estimate of drug-likeness (QED) is 0.321. The second kappa shape index (κ2) is 8.74. The Hall–Kier alpha value is -1.01. The molecule has 0 aromatic carbocycles. The molecular formula is C29H46O2. The van der Waals surface area contributed by atoms with Gasteiger partial charge in [-0.2, -0.15) is 0 Å². The minimum absolute atomic E-state index is 0.00830. The molecular weight excluding hydrogens is 380 g/mol. The number of fused-ring (bicyclic) bond motifs is 5.